The number of nitro groups is 1. The smallest absolute Gasteiger partial charge is 0.269 e. The van der Waals surface area contributed by atoms with Crippen molar-refractivity contribution in [3.8, 4) is 11.5 Å². The molecule has 1 heterocycles. The van der Waals surface area contributed by atoms with Crippen molar-refractivity contribution >= 4 is 28.8 Å². The monoisotopic (exact) mass is 553 g/mol. The van der Waals surface area contributed by atoms with Crippen molar-refractivity contribution in [2.24, 2.45) is 0 Å². The van der Waals surface area contributed by atoms with Gasteiger partial charge in [0, 0.05) is 40.5 Å². The molecule has 208 valence electrons. The van der Waals surface area contributed by atoms with Gasteiger partial charge in [-0.25, -0.2) is 0 Å². The highest BCUT2D eigenvalue weighted by Gasteiger charge is 2.23. The first-order chi connectivity index (χ1) is 18.7. The number of unbranched alkanes of at least 4 members (excludes halogenated alkanes) is 1. The molecule has 2 aromatic carbocycles. The number of nitrogens with zero attached hydrogens (tertiary/aromatic N) is 3. The first kappa shape index (κ1) is 29.6. The Morgan fingerprint density at radius 2 is 1.67 bits per heavy atom. The number of ether oxygens (including phenoxy) is 2. The summed E-state index contributed by atoms with van der Waals surface area (Å²) in [6, 6.07) is 15.2. The van der Waals surface area contributed by atoms with Crippen molar-refractivity contribution in [1.82, 2.24) is 9.80 Å². The van der Waals surface area contributed by atoms with Crippen LogP contribution in [0.1, 0.15) is 45.4 Å². The van der Waals surface area contributed by atoms with Crippen molar-refractivity contribution < 1.29 is 24.0 Å². The second-order valence-corrected chi connectivity index (χ2v) is 10.5. The lowest BCUT2D eigenvalue weighted by atomic mass is 10.1. The number of rotatable bonds is 14. The predicted octanol–water partition coefficient (Wildman–Crippen LogP) is 5.50. The molecule has 0 unspecified atom stereocenters. The minimum absolute atomic E-state index is 0.0773. The largest absolute Gasteiger partial charge is 0.493 e. The quantitative estimate of drug-likeness (QED) is 0.193. The van der Waals surface area contributed by atoms with E-state index in [4.69, 9.17) is 9.47 Å². The lowest BCUT2D eigenvalue weighted by molar-refractivity contribution is -0.384. The number of carbonyl (C=O) groups is 2. The Labute approximate surface area is 233 Å². The molecule has 3 aromatic rings. The molecular formula is C29H35N3O6S. The van der Waals surface area contributed by atoms with Crippen LogP contribution in [0.4, 0.5) is 5.69 Å². The fourth-order valence-corrected chi connectivity index (χ4v) is 5.03. The van der Waals surface area contributed by atoms with E-state index in [0.717, 1.165) is 28.2 Å². The third kappa shape index (κ3) is 8.28. The van der Waals surface area contributed by atoms with Crippen LogP contribution in [-0.4, -0.2) is 60.4 Å². The van der Waals surface area contributed by atoms with Gasteiger partial charge in [-0.1, -0.05) is 19.4 Å². The van der Waals surface area contributed by atoms with Crippen molar-refractivity contribution in [3.63, 3.8) is 0 Å². The van der Waals surface area contributed by atoms with E-state index in [9.17, 15) is 19.7 Å². The first-order valence-electron chi connectivity index (χ1n) is 12.8. The average molecular weight is 554 g/mol. The van der Waals surface area contributed by atoms with Gasteiger partial charge in [-0.05, 0) is 61.7 Å². The molecule has 0 saturated carbocycles. The summed E-state index contributed by atoms with van der Waals surface area (Å²) in [5, 5.41) is 11.0. The maximum atomic E-state index is 13.7. The molecule has 3 rings (SSSR count). The number of methoxy groups -OCH3 is 2. The van der Waals surface area contributed by atoms with Crippen LogP contribution in [0.25, 0.3) is 0 Å². The van der Waals surface area contributed by atoms with E-state index in [-0.39, 0.29) is 24.0 Å². The molecule has 0 spiro atoms. The SMILES string of the molecule is CCCCN(CC(=O)N(CCc1ccc(OC)c(OC)c1)Cc1ccc(C)s1)C(=O)c1ccc([N+](=O)[O-])cc1. The summed E-state index contributed by atoms with van der Waals surface area (Å²) in [5.41, 5.74) is 1.23. The molecule has 0 radical (unpaired) electrons. The number of benzene rings is 2. The van der Waals surface area contributed by atoms with Crippen LogP contribution in [0.15, 0.2) is 54.6 Å². The number of carbonyl (C=O) groups excluding carboxylic acids is 2. The molecule has 0 aliphatic rings. The van der Waals surface area contributed by atoms with E-state index >= 15 is 0 Å². The van der Waals surface area contributed by atoms with Crippen LogP contribution < -0.4 is 9.47 Å². The summed E-state index contributed by atoms with van der Waals surface area (Å²) < 4.78 is 10.8. The van der Waals surface area contributed by atoms with Gasteiger partial charge in [0.15, 0.2) is 11.5 Å². The predicted molar refractivity (Wildman–Crippen MR) is 152 cm³/mol. The Hall–Kier alpha value is -3.92. The van der Waals surface area contributed by atoms with Crippen LogP contribution in [0, 0.1) is 17.0 Å². The molecule has 1 aromatic heterocycles. The Balaban J connectivity index is 1.79. The second kappa shape index (κ2) is 14.3. The molecule has 2 amide bonds. The van der Waals surface area contributed by atoms with Crippen LogP contribution in [0.3, 0.4) is 0 Å². The van der Waals surface area contributed by atoms with Crippen molar-refractivity contribution in [1.29, 1.82) is 0 Å². The van der Waals surface area contributed by atoms with E-state index < -0.39 is 4.92 Å². The molecule has 0 aliphatic heterocycles. The van der Waals surface area contributed by atoms with Gasteiger partial charge in [-0.3, -0.25) is 19.7 Å². The lowest BCUT2D eigenvalue weighted by Crippen LogP contribution is -2.43. The van der Waals surface area contributed by atoms with Gasteiger partial charge in [0.1, 0.15) is 6.54 Å². The Kier molecular flexibility index (Phi) is 10.9. The van der Waals surface area contributed by atoms with E-state index in [0.29, 0.717) is 43.1 Å². The van der Waals surface area contributed by atoms with Crippen LogP contribution >= 0.6 is 11.3 Å². The van der Waals surface area contributed by atoms with Gasteiger partial charge in [0.2, 0.25) is 5.91 Å². The maximum absolute atomic E-state index is 13.7. The molecule has 10 heteroatoms. The molecule has 0 atom stereocenters. The fourth-order valence-electron chi connectivity index (χ4n) is 4.12. The van der Waals surface area contributed by atoms with Crippen LogP contribution in [-0.2, 0) is 17.8 Å². The molecular weight excluding hydrogens is 518 g/mol. The number of thiophene rings is 1. The van der Waals surface area contributed by atoms with Crippen molar-refractivity contribution in [2.45, 2.75) is 39.7 Å². The normalized spacial score (nSPS) is 10.7. The standard InChI is InChI=1S/C29H35N3O6S/c1-5-6-16-31(29(34)23-9-11-24(12-10-23)32(35)36)20-28(33)30(19-25-13-7-21(2)39-25)17-15-22-8-14-26(37-3)27(18-22)38-4/h7-14,18H,5-6,15-17,19-20H2,1-4H3. The highest BCUT2D eigenvalue weighted by atomic mass is 32.1. The highest BCUT2D eigenvalue weighted by Crippen LogP contribution is 2.28. The Morgan fingerprint density at radius 1 is 0.949 bits per heavy atom. The number of hydrogen-bond donors (Lipinski definition) is 0. The topological polar surface area (TPSA) is 102 Å². The Morgan fingerprint density at radius 3 is 2.26 bits per heavy atom. The van der Waals surface area contributed by atoms with Crippen molar-refractivity contribution in [3.05, 3.63) is 85.6 Å². The first-order valence-corrected chi connectivity index (χ1v) is 13.6. The molecule has 0 fully saturated rings. The zero-order valence-corrected chi connectivity index (χ0v) is 23.7. The highest BCUT2D eigenvalue weighted by molar-refractivity contribution is 7.11. The molecule has 0 bridgehead atoms. The van der Waals surface area contributed by atoms with Gasteiger partial charge < -0.3 is 19.3 Å². The summed E-state index contributed by atoms with van der Waals surface area (Å²) >= 11 is 1.64. The van der Waals surface area contributed by atoms with Gasteiger partial charge >= 0.3 is 0 Å². The molecule has 0 N–H and O–H groups in total. The maximum Gasteiger partial charge on any atom is 0.269 e. The number of aryl methyl sites for hydroxylation is 1. The molecule has 9 nitrogen and oxygen atoms in total. The minimum atomic E-state index is -0.505. The number of non-ortho nitro benzene ring substituents is 1. The summed E-state index contributed by atoms with van der Waals surface area (Å²) in [6.45, 7) is 5.28. The molecule has 0 saturated heterocycles. The van der Waals surface area contributed by atoms with Gasteiger partial charge in [-0.2, -0.15) is 0 Å². The lowest BCUT2D eigenvalue weighted by Gasteiger charge is -2.28. The summed E-state index contributed by atoms with van der Waals surface area (Å²) in [5.74, 6) is 0.784. The Bertz CT molecular complexity index is 1270. The fraction of sp³-hybridized carbons (Fsp3) is 0.379. The zero-order chi connectivity index (χ0) is 28.4. The molecule has 0 aliphatic carbocycles. The minimum Gasteiger partial charge on any atom is -0.493 e. The van der Waals surface area contributed by atoms with Gasteiger partial charge in [0.25, 0.3) is 11.6 Å². The summed E-state index contributed by atoms with van der Waals surface area (Å²) in [6.07, 6.45) is 2.19. The van der Waals surface area contributed by atoms with Gasteiger partial charge in [-0.15, -0.1) is 11.3 Å². The zero-order valence-electron chi connectivity index (χ0n) is 22.8. The van der Waals surface area contributed by atoms with Crippen LogP contribution in [0.5, 0.6) is 11.5 Å². The van der Waals surface area contributed by atoms with Crippen LogP contribution in [0.2, 0.25) is 0 Å². The van der Waals surface area contributed by atoms with E-state index in [1.54, 1.807) is 30.5 Å². The third-order valence-electron chi connectivity index (χ3n) is 6.33. The average Bonchev–Trinajstić information content (AvgIpc) is 3.36. The van der Waals surface area contributed by atoms with E-state index in [2.05, 4.69) is 0 Å². The molecule has 39 heavy (non-hydrogen) atoms. The summed E-state index contributed by atoms with van der Waals surface area (Å²) in [4.78, 5) is 43.0. The number of amides is 2. The van der Waals surface area contributed by atoms with E-state index in [1.165, 1.54) is 29.2 Å². The number of nitro benzene ring substituents is 1. The van der Waals surface area contributed by atoms with Crippen molar-refractivity contribution in [2.75, 3.05) is 33.9 Å². The second-order valence-electron chi connectivity index (χ2n) is 9.15. The van der Waals surface area contributed by atoms with E-state index in [1.807, 2.05) is 44.2 Å². The van der Waals surface area contributed by atoms with Gasteiger partial charge in [0.05, 0.1) is 25.7 Å². The third-order valence-corrected chi connectivity index (χ3v) is 7.32. The number of hydrogen-bond acceptors (Lipinski definition) is 7. The summed E-state index contributed by atoms with van der Waals surface area (Å²) in [7, 11) is 3.17.